The first-order chi connectivity index (χ1) is 6.15. The van der Waals surface area contributed by atoms with Crippen LogP contribution in [0.5, 0.6) is 0 Å². The molecule has 0 amide bonds. The molecule has 0 spiro atoms. The summed E-state index contributed by atoms with van der Waals surface area (Å²) >= 11 is 5.84. The molecule has 1 aromatic carbocycles. The van der Waals surface area contributed by atoms with Crippen LogP contribution in [-0.4, -0.2) is 6.54 Å². The summed E-state index contributed by atoms with van der Waals surface area (Å²) in [6.07, 6.45) is 0.600. The highest BCUT2D eigenvalue weighted by atomic mass is 35.5. The predicted octanol–water partition coefficient (Wildman–Crippen LogP) is 1.83. The first-order valence-electron chi connectivity index (χ1n) is 4.05. The van der Waals surface area contributed by atoms with Crippen LogP contribution in [0.3, 0.4) is 0 Å². The molecule has 0 heterocycles. The Hall–Kier alpha value is -0.640. The van der Waals surface area contributed by atoms with Crippen molar-refractivity contribution in [3.05, 3.63) is 34.6 Å². The van der Waals surface area contributed by atoms with E-state index < -0.39 is 0 Å². The molecule has 0 saturated heterocycles. The van der Waals surface area contributed by atoms with Crippen LogP contribution in [0.15, 0.2) is 18.2 Å². The van der Waals surface area contributed by atoms with Gasteiger partial charge >= 0.3 is 0 Å². The molecule has 0 aliphatic heterocycles. The summed E-state index contributed by atoms with van der Waals surface area (Å²) < 4.78 is 12.8. The fraction of sp³-hybridized carbons (Fsp3) is 0.333. The van der Waals surface area contributed by atoms with Gasteiger partial charge in [0, 0.05) is 11.1 Å². The quantitative estimate of drug-likeness (QED) is 0.786. The van der Waals surface area contributed by atoms with E-state index in [-0.39, 0.29) is 11.9 Å². The van der Waals surface area contributed by atoms with Crippen LogP contribution >= 0.6 is 11.6 Å². The van der Waals surface area contributed by atoms with Crippen LogP contribution in [-0.2, 0) is 0 Å². The van der Waals surface area contributed by atoms with Crippen molar-refractivity contribution in [3.8, 4) is 0 Å². The summed E-state index contributed by atoms with van der Waals surface area (Å²) in [4.78, 5) is 0. The minimum absolute atomic E-state index is 0.284. The highest BCUT2D eigenvalue weighted by molar-refractivity contribution is 6.31. The van der Waals surface area contributed by atoms with E-state index in [1.807, 2.05) is 0 Å². The molecule has 0 radical (unpaired) electrons. The fourth-order valence-electron chi connectivity index (χ4n) is 1.13. The van der Waals surface area contributed by atoms with Crippen LogP contribution in [0.4, 0.5) is 4.39 Å². The minimum Gasteiger partial charge on any atom is -0.330 e. The third kappa shape index (κ3) is 2.66. The predicted molar refractivity (Wildman–Crippen MR) is 52.0 cm³/mol. The van der Waals surface area contributed by atoms with Gasteiger partial charge in [0.25, 0.3) is 0 Å². The molecule has 0 aliphatic rings. The van der Waals surface area contributed by atoms with Crippen molar-refractivity contribution < 1.29 is 4.39 Å². The molecule has 1 unspecified atom stereocenters. The number of hydrogen-bond donors (Lipinski definition) is 2. The van der Waals surface area contributed by atoms with Gasteiger partial charge in [0.15, 0.2) is 0 Å². The van der Waals surface area contributed by atoms with Gasteiger partial charge < -0.3 is 11.5 Å². The summed E-state index contributed by atoms with van der Waals surface area (Å²) in [5.74, 6) is -0.327. The average molecular weight is 203 g/mol. The van der Waals surface area contributed by atoms with Crippen molar-refractivity contribution >= 4 is 11.6 Å². The van der Waals surface area contributed by atoms with Gasteiger partial charge in [-0.3, -0.25) is 0 Å². The zero-order valence-electron chi connectivity index (χ0n) is 7.13. The zero-order chi connectivity index (χ0) is 9.84. The largest absolute Gasteiger partial charge is 0.330 e. The molecule has 2 nitrogen and oxygen atoms in total. The van der Waals surface area contributed by atoms with Crippen LogP contribution in [0, 0.1) is 5.82 Å². The van der Waals surface area contributed by atoms with Crippen LogP contribution < -0.4 is 11.5 Å². The van der Waals surface area contributed by atoms with Gasteiger partial charge in [0.05, 0.1) is 0 Å². The third-order valence-corrected chi connectivity index (χ3v) is 2.18. The monoisotopic (exact) mass is 202 g/mol. The van der Waals surface area contributed by atoms with Crippen molar-refractivity contribution in [2.24, 2.45) is 11.5 Å². The maximum absolute atomic E-state index is 12.8. The molecule has 0 saturated carbocycles. The molecule has 0 fully saturated rings. The molecule has 4 N–H and O–H groups in total. The van der Waals surface area contributed by atoms with Crippen LogP contribution in [0.25, 0.3) is 0 Å². The Morgan fingerprint density at radius 3 is 2.77 bits per heavy atom. The normalized spacial score (nSPS) is 12.9. The van der Waals surface area contributed by atoms with Gasteiger partial charge in [-0.05, 0) is 36.7 Å². The van der Waals surface area contributed by atoms with Crippen molar-refractivity contribution in [1.82, 2.24) is 0 Å². The van der Waals surface area contributed by atoms with Gasteiger partial charge in [-0.1, -0.05) is 11.6 Å². The molecule has 0 bridgehead atoms. The van der Waals surface area contributed by atoms with Crippen LogP contribution in [0.1, 0.15) is 18.0 Å². The van der Waals surface area contributed by atoms with Crippen molar-refractivity contribution in [3.63, 3.8) is 0 Å². The van der Waals surface area contributed by atoms with Gasteiger partial charge in [0.1, 0.15) is 5.82 Å². The Balaban J connectivity index is 2.91. The van der Waals surface area contributed by atoms with Crippen molar-refractivity contribution in [1.29, 1.82) is 0 Å². The molecule has 1 aromatic rings. The summed E-state index contributed by atoms with van der Waals surface area (Å²) in [6.45, 7) is 0.466. The molecule has 72 valence electrons. The Morgan fingerprint density at radius 1 is 1.46 bits per heavy atom. The first kappa shape index (κ1) is 10.4. The van der Waals surface area contributed by atoms with Gasteiger partial charge in [-0.15, -0.1) is 0 Å². The van der Waals surface area contributed by atoms with E-state index in [1.54, 1.807) is 0 Å². The molecule has 13 heavy (non-hydrogen) atoms. The lowest BCUT2D eigenvalue weighted by Crippen LogP contribution is -2.15. The van der Waals surface area contributed by atoms with E-state index in [2.05, 4.69) is 0 Å². The number of hydrogen-bond acceptors (Lipinski definition) is 2. The first-order valence-corrected chi connectivity index (χ1v) is 4.43. The lowest BCUT2D eigenvalue weighted by molar-refractivity contribution is 0.612. The van der Waals surface area contributed by atoms with Gasteiger partial charge in [0.2, 0.25) is 0 Å². The molecule has 1 rings (SSSR count). The second-order valence-corrected chi connectivity index (χ2v) is 3.26. The van der Waals surface area contributed by atoms with Crippen molar-refractivity contribution in [2.75, 3.05) is 6.54 Å². The minimum atomic E-state index is -0.327. The Bertz CT molecular complexity index is 291. The Kier molecular flexibility index (Phi) is 3.66. The summed E-state index contributed by atoms with van der Waals surface area (Å²) in [6, 6.07) is 3.87. The fourth-order valence-corrected chi connectivity index (χ4v) is 1.39. The number of nitrogens with two attached hydrogens (primary N) is 2. The lowest BCUT2D eigenvalue weighted by Gasteiger charge is -2.12. The number of benzene rings is 1. The SMILES string of the molecule is NCCC(N)c1cc(F)ccc1Cl. The summed E-state index contributed by atoms with van der Waals surface area (Å²) in [7, 11) is 0. The zero-order valence-corrected chi connectivity index (χ0v) is 7.89. The average Bonchev–Trinajstić information content (AvgIpc) is 2.09. The molecule has 0 aliphatic carbocycles. The second-order valence-electron chi connectivity index (χ2n) is 2.85. The van der Waals surface area contributed by atoms with E-state index in [4.69, 9.17) is 23.1 Å². The van der Waals surface area contributed by atoms with E-state index in [0.29, 0.717) is 23.6 Å². The summed E-state index contributed by atoms with van der Waals surface area (Å²) in [5, 5.41) is 0.488. The molecule has 1 atom stereocenters. The lowest BCUT2D eigenvalue weighted by atomic mass is 10.0. The van der Waals surface area contributed by atoms with E-state index in [0.717, 1.165) is 0 Å². The highest BCUT2D eigenvalue weighted by Gasteiger charge is 2.09. The van der Waals surface area contributed by atoms with Gasteiger partial charge in [-0.25, -0.2) is 4.39 Å². The van der Waals surface area contributed by atoms with E-state index in [1.165, 1.54) is 18.2 Å². The third-order valence-electron chi connectivity index (χ3n) is 1.84. The topological polar surface area (TPSA) is 52.0 Å². The Morgan fingerprint density at radius 2 is 2.15 bits per heavy atom. The maximum atomic E-state index is 12.8. The number of halogens is 2. The number of rotatable bonds is 3. The maximum Gasteiger partial charge on any atom is 0.123 e. The van der Waals surface area contributed by atoms with Crippen molar-refractivity contribution in [2.45, 2.75) is 12.5 Å². The standard InChI is InChI=1S/C9H12ClFN2/c10-8-2-1-6(11)5-7(8)9(13)3-4-12/h1-2,5,9H,3-4,12-13H2. The van der Waals surface area contributed by atoms with E-state index in [9.17, 15) is 4.39 Å². The smallest absolute Gasteiger partial charge is 0.123 e. The molecular formula is C9H12ClFN2. The van der Waals surface area contributed by atoms with Crippen LogP contribution in [0.2, 0.25) is 5.02 Å². The summed E-state index contributed by atoms with van der Waals surface area (Å²) in [5.41, 5.74) is 11.7. The van der Waals surface area contributed by atoms with E-state index >= 15 is 0 Å². The molecule has 4 heteroatoms. The second kappa shape index (κ2) is 4.56. The highest BCUT2D eigenvalue weighted by Crippen LogP contribution is 2.23. The Labute approximate surface area is 81.7 Å². The molecule has 0 aromatic heterocycles. The van der Waals surface area contributed by atoms with Gasteiger partial charge in [-0.2, -0.15) is 0 Å². The molecular weight excluding hydrogens is 191 g/mol.